The molecule has 2 aliphatic heterocycles. The van der Waals surface area contributed by atoms with Crippen molar-refractivity contribution in [2.24, 2.45) is 5.92 Å². The number of carbonyl (C=O) groups is 1. The summed E-state index contributed by atoms with van der Waals surface area (Å²) in [6, 6.07) is 9.93. The molecule has 39 heavy (non-hydrogen) atoms. The molecule has 7 nitrogen and oxygen atoms in total. The van der Waals surface area contributed by atoms with E-state index in [1.165, 1.54) is 0 Å². The Morgan fingerprint density at radius 2 is 1.87 bits per heavy atom. The zero-order valence-electron chi connectivity index (χ0n) is 24.2. The summed E-state index contributed by atoms with van der Waals surface area (Å²) in [5, 5.41) is 0.518. The predicted molar refractivity (Wildman–Crippen MR) is 154 cm³/mol. The first-order valence-electron chi connectivity index (χ1n) is 13.6. The van der Waals surface area contributed by atoms with Crippen molar-refractivity contribution in [1.29, 1.82) is 0 Å². The number of aromatic nitrogens is 1. The van der Waals surface area contributed by atoms with Crippen LogP contribution in [-0.4, -0.2) is 52.9 Å². The minimum Gasteiger partial charge on any atom is -0.460 e. The molecule has 9 heteroatoms. The monoisotopic (exact) mass is 552 g/mol. The lowest BCUT2D eigenvalue weighted by atomic mass is 9.75. The highest BCUT2D eigenvalue weighted by atomic mass is 35.5. The molecule has 0 spiro atoms. The van der Waals surface area contributed by atoms with Crippen LogP contribution in [0.3, 0.4) is 0 Å². The predicted octanol–water partition coefficient (Wildman–Crippen LogP) is 5.92. The molecule has 2 aromatic carbocycles. The number of hydrogen-bond acceptors (Lipinski definition) is 7. The van der Waals surface area contributed by atoms with Crippen LogP contribution in [0.2, 0.25) is 5.02 Å². The summed E-state index contributed by atoms with van der Waals surface area (Å²) in [6.07, 6.45) is 0.789. The lowest BCUT2D eigenvalue weighted by Gasteiger charge is -2.32. The number of likely N-dealkylation sites (tertiary alicyclic amines) is 1. The van der Waals surface area contributed by atoms with Crippen LogP contribution in [0.4, 0.5) is 0 Å². The quantitative estimate of drug-likeness (QED) is 0.287. The second kappa shape index (κ2) is 9.91. The normalized spacial score (nSPS) is 21.2. The molecule has 1 aromatic heterocycles. The fourth-order valence-electron chi connectivity index (χ4n) is 5.18. The van der Waals surface area contributed by atoms with Gasteiger partial charge in [-0.05, 0) is 103 Å². The molecule has 1 unspecified atom stereocenters. The molecule has 1 atom stereocenters. The Kier molecular flexibility index (Phi) is 7.16. The number of oxazole rings is 1. The number of benzene rings is 2. The van der Waals surface area contributed by atoms with Gasteiger partial charge in [0.25, 0.3) is 0 Å². The number of halogens is 1. The number of rotatable bonds is 5. The molecular formula is C30H38BClN2O5. The fourth-order valence-corrected chi connectivity index (χ4v) is 5.45. The van der Waals surface area contributed by atoms with E-state index >= 15 is 0 Å². The lowest BCUT2D eigenvalue weighted by Crippen LogP contribution is -2.41. The molecule has 0 N–H and O–H groups in total. The van der Waals surface area contributed by atoms with E-state index in [1.807, 2.05) is 85.7 Å². The third-order valence-corrected chi connectivity index (χ3v) is 8.32. The molecule has 0 saturated carbocycles. The Bertz CT molecular complexity index is 1390. The maximum Gasteiger partial charge on any atom is 0.495 e. The third kappa shape index (κ3) is 5.62. The molecule has 2 aliphatic rings. The van der Waals surface area contributed by atoms with Crippen LogP contribution in [0.5, 0.6) is 0 Å². The van der Waals surface area contributed by atoms with E-state index in [1.54, 1.807) is 0 Å². The van der Waals surface area contributed by atoms with Crippen molar-refractivity contribution in [2.75, 3.05) is 13.1 Å². The van der Waals surface area contributed by atoms with Crippen molar-refractivity contribution in [1.82, 2.24) is 9.88 Å². The second-order valence-electron chi connectivity index (χ2n) is 12.8. The number of esters is 1. The van der Waals surface area contributed by atoms with Crippen molar-refractivity contribution in [3.63, 3.8) is 0 Å². The maximum absolute atomic E-state index is 12.5. The van der Waals surface area contributed by atoms with E-state index < -0.39 is 23.9 Å². The highest BCUT2D eigenvalue weighted by molar-refractivity contribution is 6.62. The van der Waals surface area contributed by atoms with Gasteiger partial charge in [0, 0.05) is 18.7 Å². The van der Waals surface area contributed by atoms with E-state index in [9.17, 15) is 4.79 Å². The summed E-state index contributed by atoms with van der Waals surface area (Å²) >= 11 is 6.67. The summed E-state index contributed by atoms with van der Waals surface area (Å²) in [6.45, 7) is 18.1. The molecule has 208 valence electrons. The van der Waals surface area contributed by atoms with Crippen LogP contribution in [0.15, 0.2) is 34.7 Å². The van der Waals surface area contributed by atoms with Crippen molar-refractivity contribution < 1.29 is 23.3 Å². The van der Waals surface area contributed by atoms with Gasteiger partial charge in [-0.3, -0.25) is 9.69 Å². The summed E-state index contributed by atoms with van der Waals surface area (Å²) in [5.74, 6) is 0.269. The minimum absolute atomic E-state index is 0.110. The van der Waals surface area contributed by atoms with E-state index in [-0.39, 0.29) is 11.9 Å². The summed E-state index contributed by atoms with van der Waals surface area (Å²) in [5.41, 5.74) is 3.78. The largest absolute Gasteiger partial charge is 0.495 e. The van der Waals surface area contributed by atoms with Gasteiger partial charge in [-0.1, -0.05) is 23.7 Å². The average Bonchev–Trinajstić information content (AvgIpc) is 3.49. The van der Waals surface area contributed by atoms with E-state index in [0.29, 0.717) is 35.1 Å². The van der Waals surface area contributed by atoms with Crippen molar-refractivity contribution in [3.8, 4) is 11.5 Å². The van der Waals surface area contributed by atoms with Gasteiger partial charge in [0.2, 0.25) is 5.89 Å². The fraction of sp³-hybridized carbons (Fsp3) is 0.533. The molecule has 0 amide bonds. The van der Waals surface area contributed by atoms with Gasteiger partial charge in [-0.2, -0.15) is 0 Å². The molecule has 2 saturated heterocycles. The maximum atomic E-state index is 12.5. The van der Waals surface area contributed by atoms with Gasteiger partial charge in [-0.15, -0.1) is 0 Å². The van der Waals surface area contributed by atoms with Gasteiger partial charge in [0.05, 0.1) is 22.1 Å². The van der Waals surface area contributed by atoms with Gasteiger partial charge in [-0.25, -0.2) is 4.98 Å². The smallest absolute Gasteiger partial charge is 0.460 e. The molecule has 2 fully saturated rings. The first kappa shape index (κ1) is 28.2. The Morgan fingerprint density at radius 3 is 2.54 bits per heavy atom. The number of carbonyl (C=O) groups excluding carboxylic acids is 1. The minimum atomic E-state index is -0.476. The van der Waals surface area contributed by atoms with Crippen molar-refractivity contribution in [3.05, 3.63) is 46.5 Å². The standard InChI is InChI=1S/C30H38BClN2O5/c1-18-21(10-9-11-22(18)31-38-29(5,6)30(7,8)39-31)26-33-24-15-19(14-23(32)25(24)36-26)16-34-13-12-20(17-34)27(35)37-28(2,3)4/h9-11,14-15,20H,12-13,16-17H2,1-8H3. The van der Waals surface area contributed by atoms with Gasteiger partial charge < -0.3 is 18.5 Å². The van der Waals surface area contributed by atoms with Crippen LogP contribution < -0.4 is 5.46 Å². The van der Waals surface area contributed by atoms with E-state index in [2.05, 4.69) is 4.90 Å². The van der Waals surface area contributed by atoms with Crippen LogP contribution in [0.25, 0.3) is 22.6 Å². The molecule has 0 bridgehead atoms. The highest BCUT2D eigenvalue weighted by Crippen LogP contribution is 2.38. The molecule has 3 heterocycles. The van der Waals surface area contributed by atoms with E-state index in [0.717, 1.165) is 35.1 Å². The number of hydrogen-bond donors (Lipinski definition) is 0. The van der Waals surface area contributed by atoms with Crippen LogP contribution >= 0.6 is 11.6 Å². The second-order valence-corrected chi connectivity index (χ2v) is 13.2. The molecule has 0 radical (unpaired) electrons. The lowest BCUT2D eigenvalue weighted by molar-refractivity contribution is -0.159. The SMILES string of the molecule is Cc1c(B2OC(C)(C)C(C)(C)O2)cccc1-c1nc2cc(CN3CCC(C(=O)OC(C)(C)C)C3)cc(Cl)c2o1. The Labute approximate surface area is 236 Å². The zero-order valence-corrected chi connectivity index (χ0v) is 24.9. The molecule has 5 rings (SSSR count). The van der Waals surface area contributed by atoms with Gasteiger partial charge in [0.15, 0.2) is 5.58 Å². The first-order valence-corrected chi connectivity index (χ1v) is 14.0. The summed E-state index contributed by atoms with van der Waals surface area (Å²) in [7, 11) is -0.473. The Hall–Kier alpha value is -2.39. The van der Waals surface area contributed by atoms with Crippen LogP contribution in [-0.2, 0) is 25.4 Å². The summed E-state index contributed by atoms with van der Waals surface area (Å²) < 4.78 is 24.4. The Balaban J connectivity index is 1.36. The third-order valence-electron chi connectivity index (χ3n) is 8.04. The van der Waals surface area contributed by atoms with Crippen LogP contribution in [0.1, 0.15) is 66.0 Å². The number of ether oxygens (including phenoxy) is 1. The topological polar surface area (TPSA) is 74.0 Å². The number of nitrogens with zero attached hydrogens (tertiary/aromatic N) is 2. The number of fused-ring (bicyclic) bond motifs is 1. The first-order chi connectivity index (χ1) is 18.1. The van der Waals surface area contributed by atoms with Gasteiger partial charge >= 0.3 is 13.1 Å². The van der Waals surface area contributed by atoms with E-state index in [4.69, 9.17) is 35.0 Å². The highest BCUT2D eigenvalue weighted by Gasteiger charge is 2.52. The van der Waals surface area contributed by atoms with Crippen molar-refractivity contribution >= 4 is 41.3 Å². The van der Waals surface area contributed by atoms with Gasteiger partial charge in [0.1, 0.15) is 11.1 Å². The summed E-state index contributed by atoms with van der Waals surface area (Å²) in [4.78, 5) is 19.6. The average molecular weight is 553 g/mol. The molecular weight excluding hydrogens is 515 g/mol. The Morgan fingerprint density at radius 1 is 1.18 bits per heavy atom. The molecule has 3 aromatic rings. The zero-order chi connectivity index (χ0) is 28.3. The van der Waals surface area contributed by atoms with Crippen molar-refractivity contribution in [2.45, 2.75) is 85.2 Å². The van der Waals surface area contributed by atoms with Crippen LogP contribution in [0, 0.1) is 12.8 Å². The molecule has 0 aliphatic carbocycles.